The zero-order valence-corrected chi connectivity index (χ0v) is 9.78. The Labute approximate surface area is 107 Å². The lowest BCUT2D eigenvalue weighted by molar-refractivity contribution is -0.142. The first-order valence-electron chi connectivity index (χ1n) is 5.28. The van der Waals surface area contributed by atoms with Crippen LogP contribution in [0.3, 0.4) is 0 Å². The van der Waals surface area contributed by atoms with E-state index in [-0.39, 0.29) is 18.8 Å². The minimum Gasteiger partial charge on any atom is -0.480 e. The molecule has 0 atom stereocenters. The molecule has 3 N–H and O–H groups in total. The van der Waals surface area contributed by atoms with E-state index in [2.05, 4.69) is 15.4 Å². The van der Waals surface area contributed by atoms with Gasteiger partial charge in [-0.15, -0.1) is 0 Å². The van der Waals surface area contributed by atoms with Crippen molar-refractivity contribution in [2.75, 3.05) is 25.1 Å². The van der Waals surface area contributed by atoms with Gasteiger partial charge in [-0.05, 0) is 12.1 Å². The summed E-state index contributed by atoms with van der Waals surface area (Å²) in [6.07, 6.45) is 0. The van der Waals surface area contributed by atoms with Crippen LogP contribution in [0.15, 0.2) is 18.2 Å². The third-order valence-electron chi connectivity index (χ3n) is 1.93. The number of anilines is 1. The molecule has 0 aliphatic carbocycles. The summed E-state index contributed by atoms with van der Waals surface area (Å²) in [5.41, 5.74) is -0.288. The lowest BCUT2D eigenvalue weighted by Gasteiger charge is -2.08. The topological polar surface area (TPSA) is 87.7 Å². The van der Waals surface area contributed by atoms with Gasteiger partial charge in [-0.1, -0.05) is 0 Å². The molecule has 0 aromatic heterocycles. The fourth-order valence-electron chi connectivity index (χ4n) is 1.16. The zero-order valence-electron chi connectivity index (χ0n) is 9.78. The third-order valence-corrected chi connectivity index (χ3v) is 1.93. The van der Waals surface area contributed by atoms with Gasteiger partial charge < -0.3 is 20.5 Å². The molecule has 6 nitrogen and oxygen atoms in total. The van der Waals surface area contributed by atoms with Gasteiger partial charge in [-0.3, -0.25) is 0 Å². The SMILES string of the molecule is O=C(O)COCCNC(=O)Nc1cc(F)ccc1F. The van der Waals surface area contributed by atoms with Gasteiger partial charge in [0.1, 0.15) is 18.2 Å². The summed E-state index contributed by atoms with van der Waals surface area (Å²) in [6.45, 7) is -0.441. The molecule has 0 saturated heterocycles. The van der Waals surface area contributed by atoms with E-state index in [1.807, 2.05) is 0 Å². The highest BCUT2D eigenvalue weighted by molar-refractivity contribution is 5.89. The normalized spacial score (nSPS) is 10.0. The Balaban J connectivity index is 2.31. The molecular formula is C11H12F2N2O4. The Morgan fingerprint density at radius 3 is 2.74 bits per heavy atom. The minimum absolute atomic E-state index is 0.00858. The fourth-order valence-corrected chi connectivity index (χ4v) is 1.16. The second kappa shape index (κ2) is 7.27. The largest absolute Gasteiger partial charge is 0.480 e. The van der Waals surface area contributed by atoms with Crippen LogP contribution in [-0.4, -0.2) is 36.9 Å². The lowest BCUT2D eigenvalue weighted by Crippen LogP contribution is -2.32. The summed E-state index contributed by atoms with van der Waals surface area (Å²) in [6, 6.07) is 1.91. The van der Waals surface area contributed by atoms with Crippen molar-refractivity contribution in [1.82, 2.24) is 5.32 Å². The van der Waals surface area contributed by atoms with E-state index in [1.165, 1.54) is 0 Å². The predicted octanol–water partition coefficient (Wildman–Crippen LogP) is 1.19. The van der Waals surface area contributed by atoms with Crippen LogP contribution < -0.4 is 10.6 Å². The van der Waals surface area contributed by atoms with E-state index < -0.39 is 30.2 Å². The second-order valence-corrected chi connectivity index (χ2v) is 3.45. The lowest BCUT2D eigenvalue weighted by atomic mass is 10.3. The van der Waals surface area contributed by atoms with Gasteiger partial charge in [0.05, 0.1) is 12.3 Å². The van der Waals surface area contributed by atoms with Gasteiger partial charge in [0, 0.05) is 12.6 Å². The van der Waals surface area contributed by atoms with E-state index in [4.69, 9.17) is 5.11 Å². The Morgan fingerprint density at radius 2 is 2.05 bits per heavy atom. The Kier molecular flexibility index (Phi) is 5.68. The molecule has 0 spiro atoms. The monoisotopic (exact) mass is 274 g/mol. The summed E-state index contributed by atoms with van der Waals surface area (Å²) >= 11 is 0. The molecule has 104 valence electrons. The van der Waals surface area contributed by atoms with E-state index >= 15 is 0 Å². The van der Waals surface area contributed by atoms with Crippen LogP contribution in [-0.2, 0) is 9.53 Å². The fraction of sp³-hybridized carbons (Fsp3) is 0.273. The van der Waals surface area contributed by atoms with E-state index in [1.54, 1.807) is 0 Å². The third kappa shape index (κ3) is 5.77. The van der Waals surface area contributed by atoms with Crippen LogP contribution in [0.4, 0.5) is 19.3 Å². The highest BCUT2D eigenvalue weighted by atomic mass is 19.1. The predicted molar refractivity (Wildman–Crippen MR) is 61.8 cm³/mol. The van der Waals surface area contributed by atoms with Crippen LogP contribution in [0, 0.1) is 11.6 Å². The molecule has 0 heterocycles. The highest BCUT2D eigenvalue weighted by Gasteiger charge is 2.07. The Hall–Kier alpha value is -2.22. The maximum atomic E-state index is 13.2. The summed E-state index contributed by atoms with van der Waals surface area (Å²) in [5, 5.41) is 12.7. The summed E-state index contributed by atoms with van der Waals surface area (Å²) < 4.78 is 30.6. The molecule has 1 aromatic rings. The van der Waals surface area contributed by atoms with Gasteiger partial charge in [0.15, 0.2) is 0 Å². The maximum Gasteiger partial charge on any atom is 0.329 e. The standard InChI is InChI=1S/C11H12F2N2O4/c12-7-1-2-8(13)9(5-7)15-11(18)14-3-4-19-6-10(16)17/h1-2,5H,3-4,6H2,(H,16,17)(H2,14,15,18). The number of nitrogens with one attached hydrogen (secondary N) is 2. The van der Waals surface area contributed by atoms with Gasteiger partial charge >= 0.3 is 12.0 Å². The molecule has 19 heavy (non-hydrogen) atoms. The molecular weight excluding hydrogens is 262 g/mol. The van der Waals surface area contributed by atoms with Crippen molar-refractivity contribution in [2.24, 2.45) is 0 Å². The van der Waals surface area contributed by atoms with Crippen LogP contribution >= 0.6 is 0 Å². The zero-order chi connectivity index (χ0) is 14.3. The number of urea groups is 1. The van der Waals surface area contributed by atoms with E-state index in [0.29, 0.717) is 0 Å². The number of hydrogen-bond donors (Lipinski definition) is 3. The molecule has 0 aliphatic heterocycles. The van der Waals surface area contributed by atoms with Crippen LogP contribution in [0.2, 0.25) is 0 Å². The molecule has 0 aliphatic rings. The average molecular weight is 274 g/mol. The minimum atomic E-state index is -1.12. The second-order valence-electron chi connectivity index (χ2n) is 3.45. The number of carbonyl (C=O) groups is 2. The molecule has 1 aromatic carbocycles. The van der Waals surface area contributed by atoms with Crippen molar-refractivity contribution in [3.05, 3.63) is 29.8 Å². The van der Waals surface area contributed by atoms with Gasteiger partial charge in [-0.25, -0.2) is 18.4 Å². The van der Waals surface area contributed by atoms with E-state index in [9.17, 15) is 18.4 Å². The molecule has 0 saturated carbocycles. The van der Waals surface area contributed by atoms with Crippen LogP contribution in [0.1, 0.15) is 0 Å². The number of carboxylic acid groups (broad SMARTS) is 1. The molecule has 0 bridgehead atoms. The van der Waals surface area contributed by atoms with Gasteiger partial charge in [0.2, 0.25) is 0 Å². The van der Waals surface area contributed by atoms with Gasteiger partial charge in [-0.2, -0.15) is 0 Å². The Bertz CT molecular complexity index is 468. The molecule has 1 rings (SSSR count). The van der Waals surface area contributed by atoms with Crippen LogP contribution in [0.25, 0.3) is 0 Å². The molecule has 0 unspecified atom stereocenters. The molecule has 2 amide bonds. The molecule has 0 radical (unpaired) electrons. The number of carboxylic acids is 1. The summed E-state index contributed by atoms with van der Waals surface area (Å²) in [4.78, 5) is 21.4. The number of amides is 2. The number of carbonyl (C=O) groups excluding carboxylic acids is 1. The number of benzene rings is 1. The number of hydrogen-bond acceptors (Lipinski definition) is 3. The summed E-state index contributed by atoms with van der Waals surface area (Å²) in [5.74, 6) is -2.56. The number of halogens is 2. The van der Waals surface area contributed by atoms with Gasteiger partial charge in [0.25, 0.3) is 0 Å². The summed E-state index contributed by atoms with van der Waals surface area (Å²) in [7, 11) is 0. The number of ether oxygens (including phenoxy) is 1. The van der Waals surface area contributed by atoms with Crippen molar-refractivity contribution in [3.63, 3.8) is 0 Å². The van der Waals surface area contributed by atoms with Crippen molar-refractivity contribution in [1.29, 1.82) is 0 Å². The van der Waals surface area contributed by atoms with Crippen molar-refractivity contribution in [2.45, 2.75) is 0 Å². The number of aliphatic carboxylic acids is 1. The first kappa shape index (κ1) is 14.8. The van der Waals surface area contributed by atoms with Crippen LogP contribution in [0.5, 0.6) is 0 Å². The first-order valence-corrected chi connectivity index (χ1v) is 5.28. The Morgan fingerprint density at radius 1 is 1.32 bits per heavy atom. The van der Waals surface area contributed by atoms with Crippen molar-refractivity contribution >= 4 is 17.7 Å². The average Bonchev–Trinajstić information content (AvgIpc) is 2.33. The first-order chi connectivity index (χ1) is 8.99. The molecule has 0 fully saturated rings. The van der Waals surface area contributed by atoms with E-state index in [0.717, 1.165) is 18.2 Å². The quantitative estimate of drug-likeness (QED) is 0.680. The van der Waals surface area contributed by atoms with Crippen molar-refractivity contribution < 1.29 is 28.2 Å². The van der Waals surface area contributed by atoms with Crippen molar-refractivity contribution in [3.8, 4) is 0 Å². The highest BCUT2D eigenvalue weighted by Crippen LogP contribution is 2.14. The molecule has 8 heteroatoms. The maximum absolute atomic E-state index is 13.2. The smallest absolute Gasteiger partial charge is 0.329 e. The number of rotatable bonds is 6.